The third-order valence-electron chi connectivity index (χ3n) is 2.81. The minimum atomic E-state index is -0.745. The fourth-order valence-corrected chi connectivity index (χ4v) is 2.20. The number of ether oxygens (including phenoxy) is 2. The normalized spacial score (nSPS) is 12.4. The number of carbonyl (C=O) groups is 1. The summed E-state index contributed by atoms with van der Waals surface area (Å²) >= 11 is 0.675. The number of esters is 1. The zero-order valence-electron chi connectivity index (χ0n) is 13.8. The predicted molar refractivity (Wildman–Crippen MR) is 92.9 cm³/mol. The first-order chi connectivity index (χ1) is 11.8. The maximum atomic E-state index is 12.9. The SMILES string of the molecule is C\C=C/C(=C\C=C(/C)F)Oc1c(SN)cc(C(=O)OC)cc1[N+](=O)[O-]. The van der Waals surface area contributed by atoms with Crippen LogP contribution in [0.3, 0.4) is 0 Å². The number of halogens is 1. The molecule has 0 atom stereocenters. The van der Waals surface area contributed by atoms with Crippen molar-refractivity contribution in [1.82, 2.24) is 0 Å². The van der Waals surface area contributed by atoms with Gasteiger partial charge in [0.1, 0.15) is 5.76 Å². The van der Waals surface area contributed by atoms with Crippen molar-refractivity contribution in [1.29, 1.82) is 0 Å². The third-order valence-corrected chi connectivity index (χ3v) is 3.37. The number of hydrogen-bond donors (Lipinski definition) is 1. The summed E-state index contributed by atoms with van der Waals surface area (Å²) < 4.78 is 23.1. The maximum Gasteiger partial charge on any atom is 0.338 e. The number of carbonyl (C=O) groups excluding carboxylic acids is 1. The first kappa shape index (κ1) is 20.4. The number of nitro groups is 1. The Morgan fingerprint density at radius 3 is 2.56 bits per heavy atom. The van der Waals surface area contributed by atoms with E-state index in [1.165, 1.54) is 25.1 Å². The van der Waals surface area contributed by atoms with Crippen molar-refractivity contribution < 1.29 is 23.6 Å². The maximum absolute atomic E-state index is 12.9. The van der Waals surface area contributed by atoms with E-state index in [1.54, 1.807) is 13.0 Å². The van der Waals surface area contributed by atoms with Gasteiger partial charge in [0.2, 0.25) is 5.75 Å². The van der Waals surface area contributed by atoms with Crippen molar-refractivity contribution in [2.24, 2.45) is 5.14 Å². The molecule has 1 rings (SSSR count). The molecule has 1 aromatic rings. The average molecular weight is 368 g/mol. The summed E-state index contributed by atoms with van der Waals surface area (Å²) in [4.78, 5) is 22.5. The van der Waals surface area contributed by atoms with Gasteiger partial charge in [0.05, 0.1) is 28.3 Å². The van der Waals surface area contributed by atoms with Crippen LogP contribution in [-0.4, -0.2) is 18.0 Å². The predicted octanol–water partition coefficient (Wildman–Crippen LogP) is 4.06. The highest BCUT2D eigenvalue weighted by Crippen LogP contribution is 2.38. The highest BCUT2D eigenvalue weighted by Gasteiger charge is 2.24. The molecule has 0 aliphatic carbocycles. The third kappa shape index (κ3) is 5.73. The molecule has 0 saturated heterocycles. The molecule has 0 bridgehead atoms. The number of nitro benzene ring substituents is 1. The molecule has 9 heteroatoms. The van der Waals surface area contributed by atoms with Crippen LogP contribution in [0.5, 0.6) is 5.75 Å². The van der Waals surface area contributed by atoms with E-state index in [-0.39, 0.29) is 22.0 Å². The van der Waals surface area contributed by atoms with Crippen molar-refractivity contribution >= 4 is 23.6 Å². The van der Waals surface area contributed by atoms with Crippen molar-refractivity contribution in [3.8, 4) is 5.75 Å². The van der Waals surface area contributed by atoms with Gasteiger partial charge in [-0.25, -0.2) is 9.18 Å². The van der Waals surface area contributed by atoms with Crippen LogP contribution in [0, 0.1) is 10.1 Å². The van der Waals surface area contributed by atoms with Gasteiger partial charge in [-0.05, 0) is 50.1 Å². The molecule has 0 heterocycles. The number of nitrogens with zero attached hydrogens (tertiary/aromatic N) is 1. The number of benzene rings is 1. The summed E-state index contributed by atoms with van der Waals surface area (Å²) in [5.41, 5.74) is -0.502. The zero-order chi connectivity index (χ0) is 19.0. The minimum absolute atomic E-state index is 0.0365. The lowest BCUT2D eigenvalue weighted by atomic mass is 10.2. The Bertz CT molecular complexity index is 755. The fourth-order valence-electron chi connectivity index (χ4n) is 1.75. The summed E-state index contributed by atoms with van der Waals surface area (Å²) in [5, 5.41) is 16.9. The Morgan fingerprint density at radius 1 is 1.40 bits per heavy atom. The summed E-state index contributed by atoms with van der Waals surface area (Å²) in [6, 6.07) is 2.35. The van der Waals surface area contributed by atoms with Crippen molar-refractivity contribution in [2.75, 3.05) is 7.11 Å². The van der Waals surface area contributed by atoms with E-state index in [0.29, 0.717) is 11.9 Å². The molecule has 0 aliphatic rings. The summed E-state index contributed by atoms with van der Waals surface area (Å²) in [5.74, 6) is -1.21. The van der Waals surface area contributed by atoms with Crippen molar-refractivity contribution in [2.45, 2.75) is 18.7 Å². The van der Waals surface area contributed by atoms with Gasteiger partial charge in [-0.1, -0.05) is 6.08 Å². The van der Waals surface area contributed by atoms with Gasteiger partial charge in [-0.2, -0.15) is 0 Å². The van der Waals surface area contributed by atoms with Crippen LogP contribution in [0.25, 0.3) is 0 Å². The molecule has 2 N–H and O–H groups in total. The molecule has 134 valence electrons. The molecule has 0 unspecified atom stereocenters. The molecule has 0 saturated carbocycles. The Hall–Kier alpha value is -2.65. The highest BCUT2D eigenvalue weighted by molar-refractivity contribution is 7.97. The Morgan fingerprint density at radius 2 is 2.08 bits per heavy atom. The second kappa shape index (κ2) is 9.60. The number of nitrogens with two attached hydrogens (primary N) is 1. The van der Waals surface area contributed by atoms with Crippen LogP contribution in [0.4, 0.5) is 10.1 Å². The van der Waals surface area contributed by atoms with E-state index in [0.717, 1.165) is 19.3 Å². The van der Waals surface area contributed by atoms with Gasteiger partial charge >= 0.3 is 11.7 Å². The first-order valence-corrected chi connectivity index (χ1v) is 7.84. The monoisotopic (exact) mass is 368 g/mol. The molecule has 0 aromatic heterocycles. The molecule has 0 spiro atoms. The lowest BCUT2D eigenvalue weighted by Gasteiger charge is -2.12. The number of rotatable bonds is 7. The molecular formula is C16H17FN2O5S. The van der Waals surface area contributed by atoms with Crippen LogP contribution in [0.15, 0.2) is 52.9 Å². The van der Waals surface area contributed by atoms with E-state index >= 15 is 0 Å². The van der Waals surface area contributed by atoms with Crippen LogP contribution in [0.1, 0.15) is 24.2 Å². The van der Waals surface area contributed by atoms with Crippen LogP contribution < -0.4 is 9.88 Å². The Labute approximate surface area is 148 Å². The summed E-state index contributed by atoms with van der Waals surface area (Å²) in [7, 11) is 1.16. The molecule has 25 heavy (non-hydrogen) atoms. The quantitative estimate of drug-likeness (QED) is 0.193. The summed E-state index contributed by atoms with van der Waals surface area (Å²) in [6.07, 6.45) is 5.59. The highest BCUT2D eigenvalue weighted by atomic mass is 32.2. The molecule has 0 amide bonds. The van der Waals surface area contributed by atoms with Gasteiger partial charge in [-0.15, -0.1) is 0 Å². The van der Waals surface area contributed by atoms with Gasteiger partial charge in [0, 0.05) is 6.07 Å². The number of hydrogen-bond acceptors (Lipinski definition) is 7. The number of methoxy groups -OCH3 is 1. The summed E-state index contributed by atoms with van der Waals surface area (Å²) in [6.45, 7) is 2.95. The van der Waals surface area contributed by atoms with Crippen LogP contribution >= 0.6 is 11.9 Å². The lowest BCUT2D eigenvalue weighted by Crippen LogP contribution is -2.06. The van der Waals surface area contributed by atoms with E-state index < -0.39 is 22.4 Å². The smallest absolute Gasteiger partial charge is 0.338 e. The minimum Gasteiger partial charge on any atom is -0.465 e. The van der Waals surface area contributed by atoms with Crippen molar-refractivity contribution in [3.63, 3.8) is 0 Å². The van der Waals surface area contributed by atoms with Gasteiger partial charge in [-0.3, -0.25) is 15.3 Å². The standard InChI is InChI=1S/C16H17FN2O5S/c1-4-5-12(7-6-10(2)17)24-15-13(19(21)22)8-11(16(20)23-3)9-14(15)25-18/h4-9H,18H2,1-3H3/b5-4-,10-6+,12-7+. The molecule has 0 fully saturated rings. The average Bonchev–Trinajstić information content (AvgIpc) is 2.58. The Balaban J connectivity index is 3.51. The second-order valence-corrected chi connectivity index (χ2v) is 5.29. The van der Waals surface area contributed by atoms with E-state index in [1.807, 2.05) is 0 Å². The molecule has 0 aliphatic heterocycles. The molecule has 1 aromatic carbocycles. The lowest BCUT2D eigenvalue weighted by molar-refractivity contribution is -0.386. The molecule has 0 radical (unpaired) electrons. The van der Waals surface area contributed by atoms with Gasteiger partial charge in [0.15, 0.2) is 0 Å². The Kier molecular flexibility index (Phi) is 7.83. The fraction of sp³-hybridized carbons (Fsp3) is 0.188. The molecular weight excluding hydrogens is 351 g/mol. The van der Waals surface area contributed by atoms with E-state index in [4.69, 9.17) is 9.88 Å². The molecule has 7 nitrogen and oxygen atoms in total. The largest absolute Gasteiger partial charge is 0.465 e. The van der Waals surface area contributed by atoms with Gasteiger partial charge < -0.3 is 9.47 Å². The first-order valence-electron chi connectivity index (χ1n) is 6.96. The number of allylic oxidation sites excluding steroid dienone is 5. The van der Waals surface area contributed by atoms with Crippen molar-refractivity contribution in [3.05, 3.63) is 63.7 Å². The van der Waals surface area contributed by atoms with Crippen LogP contribution in [-0.2, 0) is 4.74 Å². The van der Waals surface area contributed by atoms with E-state index in [2.05, 4.69) is 4.74 Å². The van der Waals surface area contributed by atoms with Crippen LogP contribution in [0.2, 0.25) is 0 Å². The van der Waals surface area contributed by atoms with E-state index in [9.17, 15) is 19.3 Å². The topological polar surface area (TPSA) is 105 Å². The second-order valence-electron chi connectivity index (χ2n) is 4.61. The van der Waals surface area contributed by atoms with Gasteiger partial charge in [0.25, 0.3) is 0 Å². The zero-order valence-corrected chi connectivity index (χ0v) is 14.6.